The highest BCUT2D eigenvalue weighted by Gasteiger charge is 2.12. The van der Waals surface area contributed by atoms with E-state index in [2.05, 4.69) is 26.6 Å². The van der Waals surface area contributed by atoms with Crippen LogP contribution in [-0.4, -0.2) is 12.5 Å². The van der Waals surface area contributed by atoms with Crippen molar-refractivity contribution < 1.29 is 4.79 Å². The zero-order valence-corrected chi connectivity index (χ0v) is 15.5. The van der Waals surface area contributed by atoms with Gasteiger partial charge in [-0.3, -0.25) is 4.79 Å². The number of carbonyl (C=O) groups is 1. The minimum absolute atomic E-state index is 0.0115. The molecule has 2 aromatic carbocycles. The summed E-state index contributed by atoms with van der Waals surface area (Å²) in [6, 6.07) is 15.5. The van der Waals surface area contributed by atoms with E-state index in [0.717, 1.165) is 15.6 Å². The normalized spacial score (nSPS) is 13.4. The van der Waals surface area contributed by atoms with Gasteiger partial charge in [0.1, 0.15) is 0 Å². The summed E-state index contributed by atoms with van der Waals surface area (Å²) in [7, 11) is 0. The Labute approximate surface area is 150 Å². The molecule has 2 rings (SSSR count). The van der Waals surface area contributed by atoms with Gasteiger partial charge in [-0.15, -0.1) is 0 Å². The lowest BCUT2D eigenvalue weighted by atomic mass is 10.1. The fraction of sp³-hybridized carbons (Fsp3) is 0.278. The van der Waals surface area contributed by atoms with Gasteiger partial charge >= 0.3 is 0 Å². The molecule has 1 amide bonds. The largest absolute Gasteiger partial charge is 0.348 e. The van der Waals surface area contributed by atoms with Gasteiger partial charge in [-0.25, -0.2) is 0 Å². The molecule has 0 aliphatic rings. The predicted octanol–water partition coefficient (Wildman–Crippen LogP) is 4.63. The maximum Gasteiger partial charge on any atom is 0.234 e. The van der Waals surface area contributed by atoms with Crippen molar-refractivity contribution in [1.82, 2.24) is 10.6 Å². The van der Waals surface area contributed by atoms with E-state index in [1.807, 2.05) is 62.4 Å². The van der Waals surface area contributed by atoms with Crippen molar-refractivity contribution in [2.75, 3.05) is 6.54 Å². The fourth-order valence-electron chi connectivity index (χ4n) is 2.31. The third-order valence-electron chi connectivity index (χ3n) is 3.69. The molecule has 0 aliphatic heterocycles. The van der Waals surface area contributed by atoms with Crippen LogP contribution in [0.1, 0.15) is 37.1 Å². The number of hydrogen-bond donors (Lipinski definition) is 2. The number of amides is 1. The zero-order chi connectivity index (χ0) is 16.8. The first-order chi connectivity index (χ1) is 11.0. The second-order valence-corrected chi connectivity index (χ2v) is 6.79. The van der Waals surface area contributed by atoms with Gasteiger partial charge in [0.05, 0.1) is 12.6 Å². The molecule has 122 valence electrons. The maximum atomic E-state index is 12.1. The van der Waals surface area contributed by atoms with Crippen LogP contribution in [0.25, 0.3) is 0 Å². The van der Waals surface area contributed by atoms with Gasteiger partial charge in [-0.05, 0) is 43.2 Å². The summed E-state index contributed by atoms with van der Waals surface area (Å²) in [6.07, 6.45) is 0. The summed E-state index contributed by atoms with van der Waals surface area (Å²) >= 11 is 9.57. The van der Waals surface area contributed by atoms with Crippen LogP contribution < -0.4 is 10.6 Å². The molecule has 0 aliphatic carbocycles. The Morgan fingerprint density at radius 1 is 1.09 bits per heavy atom. The van der Waals surface area contributed by atoms with Gasteiger partial charge in [0.15, 0.2) is 0 Å². The van der Waals surface area contributed by atoms with Crippen LogP contribution in [0.4, 0.5) is 0 Å². The molecular formula is C18H20BrClN2O. The van der Waals surface area contributed by atoms with E-state index in [4.69, 9.17) is 11.6 Å². The monoisotopic (exact) mass is 394 g/mol. The Morgan fingerprint density at radius 2 is 1.74 bits per heavy atom. The smallest absolute Gasteiger partial charge is 0.234 e. The minimum atomic E-state index is -0.0423. The van der Waals surface area contributed by atoms with Crippen molar-refractivity contribution in [3.05, 3.63) is 69.2 Å². The molecule has 3 nitrogen and oxygen atoms in total. The van der Waals surface area contributed by atoms with Crippen molar-refractivity contribution in [2.24, 2.45) is 0 Å². The van der Waals surface area contributed by atoms with E-state index >= 15 is 0 Å². The second kappa shape index (κ2) is 8.48. The highest BCUT2D eigenvalue weighted by molar-refractivity contribution is 9.10. The number of halogens is 2. The average molecular weight is 396 g/mol. The first kappa shape index (κ1) is 18.0. The lowest BCUT2D eigenvalue weighted by Crippen LogP contribution is -2.36. The average Bonchev–Trinajstić information content (AvgIpc) is 2.53. The van der Waals surface area contributed by atoms with E-state index in [1.165, 1.54) is 0 Å². The van der Waals surface area contributed by atoms with E-state index in [9.17, 15) is 4.79 Å². The summed E-state index contributed by atoms with van der Waals surface area (Å²) in [5.41, 5.74) is 2.06. The Morgan fingerprint density at radius 3 is 2.39 bits per heavy atom. The van der Waals surface area contributed by atoms with E-state index < -0.39 is 0 Å². The van der Waals surface area contributed by atoms with Crippen LogP contribution in [0.5, 0.6) is 0 Å². The first-order valence-corrected chi connectivity index (χ1v) is 8.67. The summed E-state index contributed by atoms with van der Waals surface area (Å²) in [4.78, 5) is 12.1. The fourth-order valence-corrected chi connectivity index (χ4v) is 2.87. The third-order valence-corrected chi connectivity index (χ3v) is 4.56. The van der Waals surface area contributed by atoms with E-state index in [1.54, 1.807) is 0 Å². The van der Waals surface area contributed by atoms with Gasteiger partial charge in [-0.2, -0.15) is 0 Å². The van der Waals surface area contributed by atoms with Crippen molar-refractivity contribution in [1.29, 1.82) is 0 Å². The molecule has 2 aromatic rings. The number of carbonyl (C=O) groups excluding carboxylic acids is 1. The Balaban J connectivity index is 1.85. The predicted molar refractivity (Wildman–Crippen MR) is 98.6 cm³/mol. The van der Waals surface area contributed by atoms with Crippen molar-refractivity contribution in [3.8, 4) is 0 Å². The molecule has 0 saturated carbocycles. The molecule has 0 unspecified atom stereocenters. The minimum Gasteiger partial charge on any atom is -0.348 e. The lowest BCUT2D eigenvalue weighted by Gasteiger charge is -2.18. The van der Waals surface area contributed by atoms with E-state index in [0.29, 0.717) is 5.02 Å². The molecule has 0 saturated heterocycles. The summed E-state index contributed by atoms with van der Waals surface area (Å²) in [6.45, 7) is 4.21. The van der Waals surface area contributed by atoms with Crippen LogP contribution in [-0.2, 0) is 4.79 Å². The molecule has 23 heavy (non-hydrogen) atoms. The number of hydrogen-bond acceptors (Lipinski definition) is 2. The molecule has 5 heteroatoms. The van der Waals surface area contributed by atoms with Gasteiger partial charge in [-0.1, -0.05) is 57.9 Å². The third kappa shape index (κ3) is 5.34. The number of benzene rings is 2. The highest BCUT2D eigenvalue weighted by atomic mass is 79.9. The van der Waals surface area contributed by atoms with Crippen LogP contribution in [0.2, 0.25) is 5.02 Å². The molecule has 0 fully saturated rings. The number of nitrogens with one attached hydrogen (secondary N) is 2. The number of rotatable bonds is 6. The van der Waals surface area contributed by atoms with Crippen LogP contribution in [0.15, 0.2) is 53.0 Å². The Hall–Kier alpha value is -1.36. The Kier molecular flexibility index (Phi) is 6.63. The van der Waals surface area contributed by atoms with Gasteiger partial charge < -0.3 is 10.6 Å². The van der Waals surface area contributed by atoms with E-state index in [-0.39, 0.29) is 24.5 Å². The quantitative estimate of drug-likeness (QED) is 0.748. The van der Waals surface area contributed by atoms with Crippen LogP contribution >= 0.6 is 27.5 Å². The van der Waals surface area contributed by atoms with Gasteiger partial charge in [0.2, 0.25) is 5.91 Å². The molecule has 2 atom stereocenters. The van der Waals surface area contributed by atoms with Gasteiger partial charge in [0, 0.05) is 15.5 Å². The molecule has 0 radical (unpaired) electrons. The molecule has 0 aromatic heterocycles. The van der Waals surface area contributed by atoms with Crippen LogP contribution in [0, 0.1) is 0 Å². The topological polar surface area (TPSA) is 41.1 Å². The summed E-state index contributed by atoms with van der Waals surface area (Å²) in [5, 5.41) is 6.89. The maximum absolute atomic E-state index is 12.1. The summed E-state index contributed by atoms with van der Waals surface area (Å²) in [5.74, 6) is -0.0423. The Bertz CT molecular complexity index is 660. The lowest BCUT2D eigenvalue weighted by molar-refractivity contribution is -0.121. The SMILES string of the molecule is C[C@H](NC(=O)CN[C@H](C)c1ccccc1Cl)c1ccc(Br)cc1. The highest BCUT2D eigenvalue weighted by Crippen LogP contribution is 2.22. The standard InChI is InChI=1S/C18H20BrClN2O/c1-12(14-7-9-15(19)10-8-14)22-18(23)11-21-13(2)16-5-3-4-6-17(16)20/h3-10,12-13,21H,11H2,1-2H3,(H,22,23)/t12-,13+/m0/s1. The summed E-state index contributed by atoms with van der Waals surface area (Å²) < 4.78 is 1.02. The van der Waals surface area contributed by atoms with Crippen molar-refractivity contribution in [3.63, 3.8) is 0 Å². The van der Waals surface area contributed by atoms with Crippen molar-refractivity contribution >= 4 is 33.4 Å². The second-order valence-electron chi connectivity index (χ2n) is 5.46. The molecule has 0 bridgehead atoms. The molecular weight excluding hydrogens is 376 g/mol. The van der Waals surface area contributed by atoms with Crippen molar-refractivity contribution in [2.45, 2.75) is 25.9 Å². The zero-order valence-electron chi connectivity index (χ0n) is 13.1. The van der Waals surface area contributed by atoms with Gasteiger partial charge in [0.25, 0.3) is 0 Å². The molecule has 0 heterocycles. The molecule has 0 spiro atoms. The van der Waals surface area contributed by atoms with Crippen LogP contribution in [0.3, 0.4) is 0 Å². The first-order valence-electron chi connectivity index (χ1n) is 7.50. The molecule has 2 N–H and O–H groups in total.